The predicted octanol–water partition coefficient (Wildman–Crippen LogP) is 5.39. The van der Waals surface area contributed by atoms with Gasteiger partial charge in [0.25, 0.3) is 15.9 Å². The van der Waals surface area contributed by atoms with Crippen LogP contribution in [-0.2, 0) is 14.8 Å². The number of amides is 1. The molecular weight excluding hydrogens is 502 g/mol. The summed E-state index contributed by atoms with van der Waals surface area (Å²) in [6.07, 6.45) is 3.00. The maximum absolute atomic E-state index is 13.3. The maximum atomic E-state index is 13.3. The fraction of sp³-hybridized carbons (Fsp3) is 0.310. The number of hydrogen-bond acceptors (Lipinski definition) is 7. The number of allylic oxidation sites excluding steroid dienone is 2. The number of hydrogen-bond donors (Lipinski definition) is 1. The van der Waals surface area contributed by atoms with Crippen LogP contribution in [0.3, 0.4) is 0 Å². The molecule has 1 N–H and O–H groups in total. The van der Waals surface area contributed by atoms with Gasteiger partial charge in [-0.3, -0.25) is 9.59 Å². The first-order valence-electron chi connectivity index (χ1n) is 12.3. The van der Waals surface area contributed by atoms with Gasteiger partial charge in [0.2, 0.25) is 5.88 Å². The third-order valence-corrected chi connectivity index (χ3v) is 7.61. The zero-order chi connectivity index (χ0) is 27.8. The van der Waals surface area contributed by atoms with Gasteiger partial charge in [-0.2, -0.15) is 8.42 Å². The lowest BCUT2D eigenvalue weighted by atomic mass is 9.78. The van der Waals surface area contributed by atoms with Crippen LogP contribution in [0.2, 0.25) is 0 Å². The molecule has 0 atom stereocenters. The Hall–Kier alpha value is -3.85. The molecule has 0 saturated heterocycles. The number of aromatic nitrogens is 2. The minimum absolute atomic E-state index is 0.0456. The zero-order valence-corrected chi connectivity index (χ0v) is 23.2. The number of ether oxygens (including phenoxy) is 1. The van der Waals surface area contributed by atoms with Gasteiger partial charge in [-0.05, 0) is 74.9 Å². The third kappa shape index (κ3) is 5.83. The summed E-state index contributed by atoms with van der Waals surface area (Å²) < 4.78 is 34.1. The number of carbonyl (C=O) groups is 2. The molecule has 4 rings (SSSR count). The molecule has 1 aliphatic rings. The molecule has 1 aliphatic carbocycles. The van der Waals surface area contributed by atoms with Gasteiger partial charge in [-0.25, -0.2) is 14.7 Å². The van der Waals surface area contributed by atoms with E-state index in [0.717, 1.165) is 23.1 Å². The topological polar surface area (TPSA) is 115 Å². The summed E-state index contributed by atoms with van der Waals surface area (Å²) in [7, 11) is -4.26. The van der Waals surface area contributed by atoms with Gasteiger partial charge < -0.3 is 4.74 Å². The van der Waals surface area contributed by atoms with E-state index in [4.69, 9.17) is 4.74 Å². The second-order valence-corrected chi connectivity index (χ2v) is 12.0. The van der Waals surface area contributed by atoms with Crippen LogP contribution in [0.1, 0.15) is 65.1 Å². The van der Waals surface area contributed by atoms with Crippen molar-refractivity contribution in [2.24, 2.45) is 5.41 Å². The number of Topliss-reactive ketones (excluding diaryl/α,β-unsaturated/α-hetero) is 1. The van der Waals surface area contributed by atoms with Crippen LogP contribution < -0.4 is 9.46 Å². The van der Waals surface area contributed by atoms with E-state index < -0.39 is 15.9 Å². The van der Waals surface area contributed by atoms with Gasteiger partial charge in [0.05, 0.1) is 5.69 Å². The van der Waals surface area contributed by atoms with Crippen molar-refractivity contribution in [3.8, 4) is 11.6 Å². The molecule has 0 aliphatic heterocycles. The SMILES string of the molecule is Cc1cc(C)c(Oc2nc(C3=CC(C)(C)CCC3=O)ccc2C(=O)NS(=O)(=O)c2cccc(C)n2)c(C)c1. The summed E-state index contributed by atoms with van der Waals surface area (Å²) in [5, 5.41) is -0.275. The first-order chi connectivity index (χ1) is 17.8. The summed E-state index contributed by atoms with van der Waals surface area (Å²) in [6.45, 7) is 11.5. The molecule has 1 aromatic carbocycles. The first-order valence-corrected chi connectivity index (χ1v) is 13.8. The van der Waals surface area contributed by atoms with E-state index in [1.165, 1.54) is 12.1 Å². The third-order valence-electron chi connectivity index (χ3n) is 6.38. The largest absolute Gasteiger partial charge is 0.438 e. The Bertz CT molecular complexity index is 1570. The number of pyridine rings is 2. The van der Waals surface area contributed by atoms with E-state index in [0.29, 0.717) is 29.1 Å². The molecule has 2 aromatic heterocycles. The van der Waals surface area contributed by atoms with Crippen molar-refractivity contribution in [3.63, 3.8) is 0 Å². The van der Waals surface area contributed by atoms with Gasteiger partial charge in [-0.15, -0.1) is 0 Å². The van der Waals surface area contributed by atoms with Crippen LogP contribution in [0.25, 0.3) is 5.57 Å². The fourth-order valence-corrected chi connectivity index (χ4v) is 5.47. The van der Waals surface area contributed by atoms with Gasteiger partial charge in [0, 0.05) is 17.7 Å². The second kappa shape index (κ2) is 10.1. The van der Waals surface area contributed by atoms with Crippen molar-refractivity contribution >= 4 is 27.3 Å². The Morgan fingerprint density at radius 3 is 2.34 bits per heavy atom. The molecule has 198 valence electrons. The van der Waals surface area contributed by atoms with Crippen LogP contribution in [0, 0.1) is 33.1 Å². The maximum Gasteiger partial charge on any atom is 0.281 e. The van der Waals surface area contributed by atoms with E-state index in [1.807, 2.05) is 52.8 Å². The molecule has 0 fully saturated rings. The van der Waals surface area contributed by atoms with Gasteiger partial charge in [-0.1, -0.05) is 43.7 Å². The molecule has 8 nitrogen and oxygen atoms in total. The molecule has 0 spiro atoms. The quantitative estimate of drug-likeness (QED) is 0.451. The van der Waals surface area contributed by atoms with Crippen LogP contribution in [0.4, 0.5) is 0 Å². The monoisotopic (exact) mass is 533 g/mol. The number of aryl methyl sites for hydroxylation is 4. The Morgan fingerprint density at radius 1 is 1.00 bits per heavy atom. The Balaban J connectivity index is 1.80. The van der Waals surface area contributed by atoms with E-state index in [-0.39, 0.29) is 27.7 Å². The molecule has 3 aromatic rings. The molecule has 1 amide bonds. The smallest absolute Gasteiger partial charge is 0.281 e. The summed E-state index contributed by atoms with van der Waals surface area (Å²) in [6, 6.07) is 11.4. The van der Waals surface area contributed by atoms with Crippen LogP contribution >= 0.6 is 0 Å². The molecule has 0 unspecified atom stereocenters. The van der Waals surface area contributed by atoms with Crippen molar-refractivity contribution in [2.45, 2.75) is 59.4 Å². The van der Waals surface area contributed by atoms with Crippen molar-refractivity contribution in [3.05, 3.63) is 82.2 Å². The van der Waals surface area contributed by atoms with Crippen LogP contribution in [0.15, 0.2) is 53.6 Å². The van der Waals surface area contributed by atoms with E-state index in [2.05, 4.69) is 14.7 Å². The van der Waals surface area contributed by atoms with Crippen molar-refractivity contribution in [1.82, 2.24) is 14.7 Å². The van der Waals surface area contributed by atoms with Gasteiger partial charge in [0.15, 0.2) is 10.8 Å². The van der Waals surface area contributed by atoms with E-state index in [9.17, 15) is 18.0 Å². The number of nitrogens with zero attached hydrogens (tertiary/aromatic N) is 2. The second-order valence-electron chi connectivity index (χ2n) is 10.4. The summed E-state index contributed by atoms with van der Waals surface area (Å²) in [4.78, 5) is 34.6. The number of carbonyl (C=O) groups excluding carboxylic acids is 2. The minimum Gasteiger partial charge on any atom is -0.438 e. The average Bonchev–Trinajstić information content (AvgIpc) is 2.82. The number of ketones is 1. The molecule has 9 heteroatoms. The van der Waals surface area contributed by atoms with Gasteiger partial charge in [0.1, 0.15) is 11.3 Å². The Kier molecular flexibility index (Phi) is 7.25. The summed E-state index contributed by atoms with van der Waals surface area (Å²) >= 11 is 0. The molecule has 0 saturated carbocycles. The van der Waals surface area contributed by atoms with Gasteiger partial charge >= 0.3 is 0 Å². The summed E-state index contributed by atoms with van der Waals surface area (Å²) in [5.74, 6) is -0.564. The number of rotatable bonds is 6. The Morgan fingerprint density at radius 2 is 1.68 bits per heavy atom. The van der Waals surface area contributed by atoms with E-state index >= 15 is 0 Å². The predicted molar refractivity (Wildman–Crippen MR) is 145 cm³/mol. The lowest BCUT2D eigenvalue weighted by Gasteiger charge is -2.26. The summed E-state index contributed by atoms with van der Waals surface area (Å²) in [5.41, 5.74) is 3.72. The highest BCUT2D eigenvalue weighted by Crippen LogP contribution is 2.37. The van der Waals surface area contributed by atoms with Crippen molar-refractivity contribution < 1.29 is 22.7 Å². The van der Waals surface area contributed by atoms with Crippen LogP contribution in [0.5, 0.6) is 11.6 Å². The van der Waals surface area contributed by atoms with Crippen LogP contribution in [-0.4, -0.2) is 30.1 Å². The molecule has 2 heterocycles. The van der Waals surface area contributed by atoms with Crippen molar-refractivity contribution in [1.29, 1.82) is 0 Å². The molecular formula is C29H31N3O5S. The standard InChI is InChI=1S/C29H31N3O5S/c1-17-14-18(2)26(19(3)15-17)37-28-21(27(34)32-38(35,36)25-9-7-8-20(4)30-25)10-11-23(31-28)22-16-29(5,6)13-12-24(22)33/h7-11,14-16H,12-13H2,1-6H3,(H,32,34). The highest BCUT2D eigenvalue weighted by molar-refractivity contribution is 7.90. The van der Waals surface area contributed by atoms with E-state index in [1.54, 1.807) is 25.1 Å². The lowest BCUT2D eigenvalue weighted by molar-refractivity contribution is -0.114. The Labute approximate surface area is 223 Å². The number of nitrogens with one attached hydrogen (secondary N) is 1. The zero-order valence-electron chi connectivity index (χ0n) is 22.4. The fourth-order valence-electron chi connectivity index (χ4n) is 4.49. The molecule has 0 bridgehead atoms. The highest BCUT2D eigenvalue weighted by atomic mass is 32.2. The molecule has 0 radical (unpaired) electrons. The molecule has 38 heavy (non-hydrogen) atoms. The number of benzene rings is 1. The highest BCUT2D eigenvalue weighted by Gasteiger charge is 2.29. The lowest BCUT2D eigenvalue weighted by Crippen LogP contribution is -2.31. The average molecular weight is 534 g/mol. The first kappa shape index (κ1) is 27.2. The normalized spacial score (nSPS) is 15.1. The number of sulfonamides is 1. The minimum atomic E-state index is -4.26. The van der Waals surface area contributed by atoms with Crippen molar-refractivity contribution in [2.75, 3.05) is 0 Å².